The lowest BCUT2D eigenvalue weighted by atomic mass is 9.96. The Kier molecular flexibility index (Phi) is 5.01. The number of carbonyl (C=O) groups excluding carboxylic acids is 1. The van der Waals surface area contributed by atoms with Crippen molar-refractivity contribution in [1.29, 1.82) is 0 Å². The number of ether oxygens (including phenoxy) is 1. The van der Waals surface area contributed by atoms with Crippen molar-refractivity contribution in [3.05, 3.63) is 29.8 Å². The van der Waals surface area contributed by atoms with E-state index < -0.39 is 0 Å². The van der Waals surface area contributed by atoms with Crippen LogP contribution in [0.1, 0.15) is 31.7 Å². The molecule has 1 heterocycles. The van der Waals surface area contributed by atoms with Crippen molar-refractivity contribution in [1.82, 2.24) is 10.2 Å². The molecule has 0 saturated carbocycles. The van der Waals surface area contributed by atoms with Crippen LogP contribution in [-0.4, -0.2) is 43.6 Å². The maximum absolute atomic E-state index is 12.4. The SMILES string of the molecule is COc1ccc(C(C)CC(=O)N2CCNC[C@@H]2C)cc1. The summed E-state index contributed by atoms with van der Waals surface area (Å²) in [7, 11) is 1.66. The van der Waals surface area contributed by atoms with Crippen LogP contribution in [-0.2, 0) is 4.79 Å². The Morgan fingerprint density at radius 3 is 2.75 bits per heavy atom. The first-order valence-electron chi connectivity index (χ1n) is 7.26. The number of hydrogen-bond donors (Lipinski definition) is 1. The molecule has 1 aliphatic rings. The third-order valence-electron chi connectivity index (χ3n) is 3.99. The standard InChI is InChI=1S/C16H24N2O2/c1-12(14-4-6-15(20-3)7-5-14)10-16(19)18-9-8-17-11-13(18)2/h4-7,12-13,17H,8-11H2,1-3H3/t12?,13-/m0/s1. The molecule has 0 aromatic heterocycles. The first-order valence-corrected chi connectivity index (χ1v) is 7.26. The number of carbonyl (C=O) groups is 1. The van der Waals surface area contributed by atoms with Crippen LogP contribution >= 0.6 is 0 Å². The minimum Gasteiger partial charge on any atom is -0.497 e. The van der Waals surface area contributed by atoms with E-state index in [1.807, 2.05) is 29.2 Å². The summed E-state index contributed by atoms with van der Waals surface area (Å²) >= 11 is 0. The molecule has 4 heteroatoms. The van der Waals surface area contributed by atoms with E-state index >= 15 is 0 Å². The summed E-state index contributed by atoms with van der Waals surface area (Å²) in [5, 5.41) is 3.31. The smallest absolute Gasteiger partial charge is 0.223 e. The Labute approximate surface area is 121 Å². The van der Waals surface area contributed by atoms with Gasteiger partial charge in [-0.15, -0.1) is 0 Å². The summed E-state index contributed by atoms with van der Waals surface area (Å²) in [4.78, 5) is 14.4. The maximum atomic E-state index is 12.4. The monoisotopic (exact) mass is 276 g/mol. The first-order chi connectivity index (χ1) is 9.61. The molecule has 1 aromatic rings. The number of amides is 1. The molecule has 4 nitrogen and oxygen atoms in total. The fourth-order valence-electron chi connectivity index (χ4n) is 2.64. The van der Waals surface area contributed by atoms with Gasteiger partial charge >= 0.3 is 0 Å². The fourth-order valence-corrected chi connectivity index (χ4v) is 2.64. The van der Waals surface area contributed by atoms with Gasteiger partial charge in [-0.2, -0.15) is 0 Å². The van der Waals surface area contributed by atoms with Gasteiger partial charge in [0.2, 0.25) is 5.91 Å². The van der Waals surface area contributed by atoms with Crippen molar-refractivity contribution in [2.45, 2.75) is 32.2 Å². The van der Waals surface area contributed by atoms with Crippen LogP contribution in [0.4, 0.5) is 0 Å². The highest BCUT2D eigenvalue weighted by atomic mass is 16.5. The van der Waals surface area contributed by atoms with E-state index in [1.165, 1.54) is 5.56 Å². The van der Waals surface area contributed by atoms with Crippen LogP contribution in [0.3, 0.4) is 0 Å². The van der Waals surface area contributed by atoms with Crippen LogP contribution in [0, 0.1) is 0 Å². The maximum Gasteiger partial charge on any atom is 0.223 e. The molecule has 110 valence electrons. The Morgan fingerprint density at radius 1 is 1.45 bits per heavy atom. The summed E-state index contributed by atoms with van der Waals surface area (Å²) in [6.07, 6.45) is 0.566. The fraction of sp³-hybridized carbons (Fsp3) is 0.562. The van der Waals surface area contributed by atoms with Gasteiger partial charge in [0.25, 0.3) is 0 Å². The Bertz CT molecular complexity index is 444. The molecule has 1 fully saturated rings. The minimum atomic E-state index is 0.232. The lowest BCUT2D eigenvalue weighted by molar-refractivity contribution is -0.134. The van der Waals surface area contributed by atoms with E-state index in [1.54, 1.807) is 7.11 Å². The molecule has 1 amide bonds. The number of piperazine rings is 1. The molecule has 1 saturated heterocycles. The second-order valence-electron chi connectivity index (χ2n) is 5.52. The van der Waals surface area contributed by atoms with Gasteiger partial charge < -0.3 is 15.0 Å². The number of hydrogen-bond acceptors (Lipinski definition) is 3. The van der Waals surface area contributed by atoms with Gasteiger partial charge in [-0.1, -0.05) is 19.1 Å². The summed E-state index contributed by atoms with van der Waals surface area (Å²) in [6.45, 7) is 6.81. The van der Waals surface area contributed by atoms with Gasteiger partial charge in [0.1, 0.15) is 5.75 Å². The number of rotatable bonds is 4. The predicted molar refractivity (Wildman–Crippen MR) is 80.1 cm³/mol. The van der Waals surface area contributed by atoms with Crippen molar-refractivity contribution in [2.75, 3.05) is 26.7 Å². The summed E-state index contributed by atoms with van der Waals surface area (Å²) in [6, 6.07) is 8.27. The second kappa shape index (κ2) is 6.75. The van der Waals surface area contributed by atoms with Crippen molar-refractivity contribution >= 4 is 5.91 Å². The number of nitrogens with one attached hydrogen (secondary N) is 1. The molecule has 1 aromatic carbocycles. The lowest BCUT2D eigenvalue weighted by Crippen LogP contribution is -2.52. The zero-order valence-electron chi connectivity index (χ0n) is 12.6. The minimum absolute atomic E-state index is 0.232. The van der Waals surface area contributed by atoms with Gasteiger partial charge in [-0.3, -0.25) is 4.79 Å². The van der Waals surface area contributed by atoms with Gasteiger partial charge in [-0.05, 0) is 30.5 Å². The van der Waals surface area contributed by atoms with Crippen LogP contribution in [0.5, 0.6) is 5.75 Å². The third-order valence-corrected chi connectivity index (χ3v) is 3.99. The lowest BCUT2D eigenvalue weighted by Gasteiger charge is -2.34. The quantitative estimate of drug-likeness (QED) is 0.914. The summed E-state index contributed by atoms with van der Waals surface area (Å²) in [5.74, 6) is 1.33. The van der Waals surface area contributed by atoms with Crippen LogP contribution in [0.25, 0.3) is 0 Å². The van der Waals surface area contributed by atoms with E-state index in [9.17, 15) is 4.79 Å². The zero-order valence-corrected chi connectivity index (χ0v) is 12.6. The Balaban J connectivity index is 1.95. The molecule has 20 heavy (non-hydrogen) atoms. The molecule has 1 N–H and O–H groups in total. The molecule has 2 atom stereocenters. The molecular weight excluding hydrogens is 252 g/mol. The van der Waals surface area contributed by atoms with Crippen molar-refractivity contribution in [3.8, 4) is 5.75 Å². The highest BCUT2D eigenvalue weighted by Gasteiger charge is 2.24. The first kappa shape index (κ1) is 14.9. The second-order valence-corrected chi connectivity index (χ2v) is 5.52. The van der Waals surface area contributed by atoms with Crippen molar-refractivity contribution < 1.29 is 9.53 Å². The highest BCUT2D eigenvalue weighted by molar-refractivity contribution is 5.77. The predicted octanol–water partition coefficient (Wildman–Crippen LogP) is 2.01. The van der Waals surface area contributed by atoms with E-state index in [0.717, 1.165) is 25.4 Å². The molecule has 0 spiro atoms. The van der Waals surface area contributed by atoms with E-state index in [2.05, 4.69) is 19.2 Å². The summed E-state index contributed by atoms with van der Waals surface area (Å²) in [5.41, 5.74) is 1.18. The number of nitrogens with zero attached hydrogens (tertiary/aromatic N) is 1. The molecule has 0 bridgehead atoms. The van der Waals surface area contributed by atoms with Crippen LogP contribution < -0.4 is 10.1 Å². The molecule has 0 aliphatic carbocycles. The third kappa shape index (κ3) is 3.51. The van der Waals surface area contributed by atoms with E-state index in [0.29, 0.717) is 12.5 Å². The Hall–Kier alpha value is -1.55. The largest absolute Gasteiger partial charge is 0.497 e. The van der Waals surface area contributed by atoms with Gasteiger partial charge in [0.05, 0.1) is 7.11 Å². The van der Waals surface area contributed by atoms with Gasteiger partial charge in [0, 0.05) is 32.1 Å². The van der Waals surface area contributed by atoms with Crippen LogP contribution in [0.2, 0.25) is 0 Å². The van der Waals surface area contributed by atoms with Crippen molar-refractivity contribution in [3.63, 3.8) is 0 Å². The molecule has 0 radical (unpaired) electrons. The highest BCUT2D eigenvalue weighted by Crippen LogP contribution is 2.23. The van der Waals surface area contributed by atoms with Gasteiger partial charge in [-0.25, -0.2) is 0 Å². The topological polar surface area (TPSA) is 41.6 Å². The average Bonchev–Trinajstić information content (AvgIpc) is 2.47. The molecule has 2 rings (SSSR count). The Morgan fingerprint density at radius 2 is 2.15 bits per heavy atom. The molecule has 1 unspecified atom stereocenters. The van der Waals surface area contributed by atoms with Crippen molar-refractivity contribution in [2.24, 2.45) is 0 Å². The van der Waals surface area contributed by atoms with Gasteiger partial charge in [0.15, 0.2) is 0 Å². The normalized spacial score (nSPS) is 20.6. The zero-order chi connectivity index (χ0) is 14.5. The molecular formula is C16H24N2O2. The number of benzene rings is 1. The van der Waals surface area contributed by atoms with Crippen LogP contribution in [0.15, 0.2) is 24.3 Å². The average molecular weight is 276 g/mol. The van der Waals surface area contributed by atoms with E-state index in [4.69, 9.17) is 4.74 Å². The molecule has 1 aliphatic heterocycles. The summed E-state index contributed by atoms with van der Waals surface area (Å²) < 4.78 is 5.16. The number of methoxy groups -OCH3 is 1. The van der Waals surface area contributed by atoms with E-state index in [-0.39, 0.29) is 11.8 Å².